The molecule has 0 aliphatic carbocycles. The number of halogens is 1. The number of aliphatic imine (C=N–C) groups is 1. The molecular formula is C19H21ClN4O2. The lowest BCUT2D eigenvalue weighted by Crippen LogP contribution is -2.13. The molecule has 1 aromatic carbocycles. The van der Waals surface area contributed by atoms with Crippen LogP contribution in [0.2, 0.25) is 5.02 Å². The number of aromatic nitrogens is 2. The first-order valence-corrected chi connectivity index (χ1v) is 8.92. The molecule has 1 N–H and O–H groups in total. The maximum atomic E-state index is 6.23. The summed E-state index contributed by atoms with van der Waals surface area (Å²) in [4.78, 5) is 4.64. The highest BCUT2D eigenvalue weighted by Crippen LogP contribution is 2.37. The third-order valence-corrected chi connectivity index (χ3v) is 4.87. The van der Waals surface area contributed by atoms with E-state index in [9.17, 15) is 0 Å². The van der Waals surface area contributed by atoms with E-state index >= 15 is 0 Å². The Morgan fingerprint density at radius 1 is 1.46 bits per heavy atom. The molecule has 0 bridgehead atoms. The van der Waals surface area contributed by atoms with E-state index in [0.29, 0.717) is 24.1 Å². The molecule has 0 saturated carbocycles. The first-order chi connectivity index (χ1) is 12.5. The molecule has 0 amide bonds. The fraction of sp³-hybridized carbons (Fsp3) is 0.368. The SMILES string of the molecule is COCC1COC(/C(C)=C2\Cc3cn(C)nc3-c3cc(Cl)ccc3N2)=N1. The summed E-state index contributed by atoms with van der Waals surface area (Å²) >= 11 is 6.23. The zero-order chi connectivity index (χ0) is 18.3. The lowest BCUT2D eigenvalue weighted by atomic mass is 10.0. The van der Waals surface area contributed by atoms with E-state index in [1.165, 1.54) is 0 Å². The van der Waals surface area contributed by atoms with Crippen molar-refractivity contribution in [1.82, 2.24) is 9.78 Å². The van der Waals surface area contributed by atoms with Crippen LogP contribution in [0.1, 0.15) is 12.5 Å². The van der Waals surface area contributed by atoms with Crippen molar-refractivity contribution in [3.63, 3.8) is 0 Å². The number of nitrogens with zero attached hydrogens (tertiary/aromatic N) is 3. The predicted molar refractivity (Wildman–Crippen MR) is 103 cm³/mol. The number of methoxy groups -OCH3 is 1. The topological polar surface area (TPSA) is 60.7 Å². The summed E-state index contributed by atoms with van der Waals surface area (Å²) in [7, 11) is 3.61. The van der Waals surface area contributed by atoms with Crippen LogP contribution >= 0.6 is 11.6 Å². The molecule has 2 aromatic rings. The maximum Gasteiger partial charge on any atom is 0.213 e. The lowest BCUT2D eigenvalue weighted by molar-refractivity contribution is 0.165. The van der Waals surface area contributed by atoms with E-state index in [-0.39, 0.29) is 6.04 Å². The van der Waals surface area contributed by atoms with E-state index in [1.807, 2.05) is 43.0 Å². The number of ether oxygens (including phenoxy) is 2. The Morgan fingerprint density at radius 2 is 2.31 bits per heavy atom. The molecule has 2 aliphatic heterocycles. The first kappa shape index (κ1) is 17.1. The standard InChI is InChI=1S/C19H21ClN4O2/c1-11(19-21-14(9-25-3)10-26-19)17-6-12-8-24(2)23-18(12)15-7-13(20)4-5-16(15)22-17/h4-5,7-8,14,22H,6,9-10H2,1-3H3/b17-11+. The summed E-state index contributed by atoms with van der Waals surface area (Å²) in [6.07, 6.45) is 2.77. The third-order valence-electron chi connectivity index (χ3n) is 4.64. The minimum Gasteiger partial charge on any atom is -0.475 e. The van der Waals surface area contributed by atoms with Gasteiger partial charge in [-0.15, -0.1) is 0 Å². The van der Waals surface area contributed by atoms with Crippen LogP contribution in [-0.2, 0) is 22.9 Å². The van der Waals surface area contributed by atoms with E-state index in [0.717, 1.165) is 40.2 Å². The van der Waals surface area contributed by atoms with Crippen LogP contribution in [0, 0.1) is 0 Å². The third kappa shape index (κ3) is 3.10. The molecule has 1 aromatic heterocycles. The van der Waals surface area contributed by atoms with Gasteiger partial charge >= 0.3 is 0 Å². The van der Waals surface area contributed by atoms with Crippen molar-refractivity contribution < 1.29 is 9.47 Å². The Balaban J connectivity index is 1.78. The molecule has 136 valence electrons. The fourth-order valence-electron chi connectivity index (χ4n) is 3.37. The zero-order valence-electron chi connectivity index (χ0n) is 15.0. The van der Waals surface area contributed by atoms with Gasteiger partial charge in [-0.1, -0.05) is 11.6 Å². The smallest absolute Gasteiger partial charge is 0.213 e. The number of allylic oxidation sites excluding steroid dienone is 1. The average Bonchev–Trinajstić information content (AvgIpc) is 3.19. The van der Waals surface area contributed by atoms with Crippen LogP contribution < -0.4 is 5.32 Å². The molecule has 6 nitrogen and oxygen atoms in total. The Kier molecular flexibility index (Phi) is 4.46. The van der Waals surface area contributed by atoms with Gasteiger partial charge in [-0.3, -0.25) is 4.68 Å². The number of aryl methyl sites for hydroxylation is 1. The van der Waals surface area contributed by atoms with Crippen molar-refractivity contribution in [1.29, 1.82) is 0 Å². The number of benzene rings is 1. The number of nitrogens with one attached hydrogen (secondary N) is 1. The summed E-state index contributed by atoms with van der Waals surface area (Å²) in [6, 6.07) is 5.87. The quantitative estimate of drug-likeness (QED) is 0.896. The van der Waals surface area contributed by atoms with Gasteiger partial charge in [0.05, 0.1) is 12.3 Å². The summed E-state index contributed by atoms with van der Waals surface area (Å²) in [5.74, 6) is 0.678. The monoisotopic (exact) mass is 372 g/mol. The van der Waals surface area contributed by atoms with Gasteiger partial charge in [-0.05, 0) is 25.1 Å². The van der Waals surface area contributed by atoms with Crippen molar-refractivity contribution in [2.45, 2.75) is 19.4 Å². The summed E-state index contributed by atoms with van der Waals surface area (Å²) in [5.41, 5.74) is 6.13. The van der Waals surface area contributed by atoms with Crippen LogP contribution in [-0.4, -0.2) is 42.0 Å². The highest BCUT2D eigenvalue weighted by Gasteiger charge is 2.25. The van der Waals surface area contributed by atoms with Crippen molar-refractivity contribution >= 4 is 23.2 Å². The normalized spacial score (nSPS) is 20.5. The van der Waals surface area contributed by atoms with Crippen LogP contribution in [0.5, 0.6) is 0 Å². The van der Waals surface area contributed by atoms with Crippen molar-refractivity contribution in [3.8, 4) is 11.3 Å². The van der Waals surface area contributed by atoms with Crippen LogP contribution in [0.25, 0.3) is 11.3 Å². The average molecular weight is 373 g/mol. The molecule has 1 unspecified atom stereocenters. The van der Waals surface area contributed by atoms with Gasteiger partial charge in [-0.2, -0.15) is 5.10 Å². The minimum atomic E-state index is 0.0522. The molecule has 4 rings (SSSR count). The largest absolute Gasteiger partial charge is 0.475 e. The van der Waals surface area contributed by atoms with Gasteiger partial charge in [0, 0.05) is 59.9 Å². The Hall–Kier alpha value is -2.31. The summed E-state index contributed by atoms with van der Waals surface area (Å²) in [6.45, 7) is 3.15. The molecule has 2 aliphatic rings. The van der Waals surface area contributed by atoms with E-state index in [4.69, 9.17) is 21.1 Å². The van der Waals surface area contributed by atoms with Crippen LogP contribution in [0.3, 0.4) is 0 Å². The molecule has 0 radical (unpaired) electrons. The van der Waals surface area contributed by atoms with Gasteiger partial charge in [0.2, 0.25) is 5.90 Å². The Labute approximate surface area is 157 Å². The molecule has 26 heavy (non-hydrogen) atoms. The number of hydrogen-bond acceptors (Lipinski definition) is 5. The van der Waals surface area contributed by atoms with Gasteiger partial charge in [0.1, 0.15) is 12.6 Å². The summed E-state index contributed by atoms with van der Waals surface area (Å²) < 4.78 is 12.8. The van der Waals surface area contributed by atoms with E-state index in [1.54, 1.807) is 7.11 Å². The zero-order valence-corrected chi connectivity index (χ0v) is 15.8. The van der Waals surface area contributed by atoms with Gasteiger partial charge in [-0.25, -0.2) is 4.99 Å². The highest BCUT2D eigenvalue weighted by molar-refractivity contribution is 6.31. The second-order valence-electron chi connectivity index (χ2n) is 6.63. The molecule has 0 spiro atoms. The van der Waals surface area contributed by atoms with E-state index < -0.39 is 0 Å². The van der Waals surface area contributed by atoms with Crippen LogP contribution in [0.15, 0.2) is 40.7 Å². The predicted octanol–water partition coefficient (Wildman–Crippen LogP) is 3.43. The Morgan fingerprint density at radius 3 is 3.12 bits per heavy atom. The van der Waals surface area contributed by atoms with Gasteiger partial charge in [0.25, 0.3) is 0 Å². The van der Waals surface area contributed by atoms with Crippen molar-refractivity contribution in [2.75, 3.05) is 25.6 Å². The number of fused-ring (bicyclic) bond motifs is 3. The van der Waals surface area contributed by atoms with Crippen molar-refractivity contribution in [3.05, 3.63) is 46.3 Å². The fourth-order valence-corrected chi connectivity index (χ4v) is 3.54. The molecule has 7 heteroatoms. The molecule has 1 atom stereocenters. The molecule has 0 fully saturated rings. The summed E-state index contributed by atoms with van der Waals surface area (Å²) in [5, 5.41) is 8.87. The highest BCUT2D eigenvalue weighted by atomic mass is 35.5. The number of anilines is 1. The maximum absolute atomic E-state index is 6.23. The van der Waals surface area contributed by atoms with Crippen LogP contribution in [0.4, 0.5) is 5.69 Å². The number of rotatable bonds is 3. The number of hydrogen-bond donors (Lipinski definition) is 1. The molecule has 3 heterocycles. The molecule has 0 saturated heterocycles. The van der Waals surface area contributed by atoms with Gasteiger partial charge in [0.15, 0.2) is 0 Å². The Bertz CT molecular complexity index is 916. The molecular weight excluding hydrogens is 352 g/mol. The second-order valence-corrected chi connectivity index (χ2v) is 7.06. The first-order valence-electron chi connectivity index (χ1n) is 8.54. The van der Waals surface area contributed by atoms with Gasteiger partial charge < -0.3 is 14.8 Å². The lowest BCUT2D eigenvalue weighted by Gasteiger charge is -2.14. The second kappa shape index (κ2) is 6.78. The minimum absolute atomic E-state index is 0.0522. The van der Waals surface area contributed by atoms with Crippen molar-refractivity contribution in [2.24, 2.45) is 12.0 Å². The van der Waals surface area contributed by atoms with E-state index in [2.05, 4.69) is 15.4 Å².